The molecule has 6 nitrogen and oxygen atoms in total. The molecule has 0 aliphatic heterocycles. The van der Waals surface area contributed by atoms with Crippen LogP contribution in [0.3, 0.4) is 0 Å². The fraction of sp³-hybridized carbons (Fsp3) is 0.133. The van der Waals surface area contributed by atoms with E-state index in [1.807, 2.05) is 36.7 Å². The molecule has 0 radical (unpaired) electrons. The highest BCUT2D eigenvalue weighted by atomic mass is 16.5. The van der Waals surface area contributed by atoms with Gasteiger partial charge in [-0.1, -0.05) is 17.7 Å². The summed E-state index contributed by atoms with van der Waals surface area (Å²) in [4.78, 5) is 4.26. The highest BCUT2D eigenvalue weighted by molar-refractivity contribution is 6.40. The van der Waals surface area contributed by atoms with Gasteiger partial charge in [0.05, 0.1) is 18.2 Å². The Morgan fingerprint density at radius 3 is 2.62 bits per heavy atom. The van der Waals surface area contributed by atoms with Gasteiger partial charge in [-0.05, 0) is 38.1 Å². The molecular formula is C15H16N4O2. The van der Waals surface area contributed by atoms with E-state index in [1.54, 1.807) is 25.3 Å². The summed E-state index contributed by atoms with van der Waals surface area (Å²) in [5, 5.41) is 17.0. The van der Waals surface area contributed by atoms with Gasteiger partial charge < -0.3 is 4.42 Å². The topological polar surface area (TPSA) is 82.5 Å². The number of benzene rings is 1. The first kappa shape index (κ1) is 14.7. The molecule has 1 aromatic carbocycles. The van der Waals surface area contributed by atoms with Crippen molar-refractivity contribution in [1.29, 1.82) is 0 Å². The van der Waals surface area contributed by atoms with Crippen molar-refractivity contribution in [2.75, 3.05) is 0 Å². The molecule has 0 spiro atoms. The zero-order chi connectivity index (χ0) is 15.1. The largest absolute Gasteiger partial charge is 0.463 e. The molecule has 21 heavy (non-hydrogen) atoms. The summed E-state index contributed by atoms with van der Waals surface area (Å²) in [5.41, 5.74) is 4.33. The molecule has 0 aliphatic rings. The number of nitrogens with one attached hydrogen (secondary N) is 1. The molecular weight excluding hydrogens is 268 g/mol. The Bertz CT molecular complexity index is 655. The Balaban J connectivity index is 2.14. The Morgan fingerprint density at radius 2 is 2.00 bits per heavy atom. The van der Waals surface area contributed by atoms with Crippen molar-refractivity contribution >= 4 is 23.4 Å². The van der Waals surface area contributed by atoms with Crippen LogP contribution in [-0.4, -0.2) is 23.0 Å². The number of nitrogens with zero attached hydrogens (tertiary/aromatic N) is 3. The smallest absolute Gasteiger partial charge is 0.173 e. The van der Waals surface area contributed by atoms with Gasteiger partial charge in [-0.15, -0.1) is 0 Å². The maximum Gasteiger partial charge on any atom is 0.173 e. The monoisotopic (exact) mass is 284 g/mol. The summed E-state index contributed by atoms with van der Waals surface area (Å²) in [7, 11) is 0. The van der Waals surface area contributed by atoms with Crippen LogP contribution in [0.5, 0.6) is 0 Å². The van der Waals surface area contributed by atoms with Crippen LogP contribution in [0, 0.1) is 6.92 Å². The SMILES string of the molecule is C/C(=N\N=C\c1ccco1)C(=Nc1ccc(C)cc1)NO. The second-order valence-electron chi connectivity index (χ2n) is 4.35. The lowest BCUT2D eigenvalue weighted by molar-refractivity contribution is 0.236. The minimum absolute atomic E-state index is 0.232. The normalized spacial score (nSPS) is 12.9. The number of hydrogen-bond acceptors (Lipinski definition) is 5. The molecule has 6 heteroatoms. The summed E-state index contributed by atoms with van der Waals surface area (Å²) in [6, 6.07) is 11.1. The number of hydroxylamine groups is 1. The van der Waals surface area contributed by atoms with E-state index < -0.39 is 0 Å². The average molecular weight is 284 g/mol. The van der Waals surface area contributed by atoms with Crippen LogP contribution < -0.4 is 5.48 Å². The number of furan rings is 1. The van der Waals surface area contributed by atoms with E-state index >= 15 is 0 Å². The molecule has 2 N–H and O–H groups in total. The van der Waals surface area contributed by atoms with Crippen molar-refractivity contribution in [1.82, 2.24) is 5.48 Å². The van der Waals surface area contributed by atoms with Crippen molar-refractivity contribution in [2.45, 2.75) is 13.8 Å². The molecule has 0 unspecified atom stereocenters. The standard InChI is InChI=1S/C15H16N4O2/c1-11-5-7-13(8-6-11)17-15(19-20)12(2)18-16-10-14-4-3-9-21-14/h3-10,20H,1-2H3,(H,17,19)/b16-10+,18-12+. The number of aryl methyl sites for hydroxylation is 1. The fourth-order valence-corrected chi connectivity index (χ4v) is 1.52. The highest BCUT2D eigenvalue weighted by Gasteiger charge is 2.02. The Labute approximate surface area is 122 Å². The molecule has 0 saturated carbocycles. The molecule has 0 aliphatic carbocycles. The molecule has 0 bridgehead atoms. The van der Waals surface area contributed by atoms with Crippen molar-refractivity contribution in [3.05, 3.63) is 54.0 Å². The Kier molecular flexibility index (Phi) is 5.00. The quantitative estimate of drug-likeness (QED) is 0.514. The van der Waals surface area contributed by atoms with E-state index in [1.165, 1.54) is 6.21 Å². The predicted molar refractivity (Wildman–Crippen MR) is 82.6 cm³/mol. The number of rotatable bonds is 4. The summed E-state index contributed by atoms with van der Waals surface area (Å²) < 4.78 is 5.10. The summed E-state index contributed by atoms with van der Waals surface area (Å²) in [6.07, 6.45) is 3.03. The number of aliphatic imine (C=N–C) groups is 1. The van der Waals surface area contributed by atoms with Crippen LogP contribution in [0.2, 0.25) is 0 Å². The lowest BCUT2D eigenvalue weighted by Gasteiger charge is -2.03. The minimum Gasteiger partial charge on any atom is -0.463 e. The third-order valence-electron chi connectivity index (χ3n) is 2.66. The van der Waals surface area contributed by atoms with Gasteiger partial charge in [0.1, 0.15) is 11.5 Å². The van der Waals surface area contributed by atoms with E-state index in [9.17, 15) is 0 Å². The van der Waals surface area contributed by atoms with Gasteiger partial charge in [-0.3, -0.25) is 10.7 Å². The molecule has 108 valence electrons. The van der Waals surface area contributed by atoms with Gasteiger partial charge >= 0.3 is 0 Å². The van der Waals surface area contributed by atoms with Gasteiger partial charge in [0.15, 0.2) is 5.84 Å². The molecule has 0 atom stereocenters. The second kappa shape index (κ2) is 7.16. The van der Waals surface area contributed by atoms with Crippen molar-refractivity contribution < 1.29 is 9.62 Å². The highest BCUT2D eigenvalue weighted by Crippen LogP contribution is 2.12. The lowest BCUT2D eigenvalue weighted by Crippen LogP contribution is -2.26. The molecule has 2 rings (SSSR count). The molecule has 1 heterocycles. The van der Waals surface area contributed by atoms with Gasteiger partial charge in [-0.2, -0.15) is 10.2 Å². The first-order valence-electron chi connectivity index (χ1n) is 6.36. The Morgan fingerprint density at radius 1 is 1.24 bits per heavy atom. The van der Waals surface area contributed by atoms with E-state index in [0.29, 0.717) is 17.2 Å². The third-order valence-corrected chi connectivity index (χ3v) is 2.66. The first-order chi connectivity index (χ1) is 10.2. The third kappa shape index (κ3) is 4.39. The van der Waals surface area contributed by atoms with Crippen molar-refractivity contribution in [3.63, 3.8) is 0 Å². The van der Waals surface area contributed by atoms with E-state index in [4.69, 9.17) is 9.62 Å². The lowest BCUT2D eigenvalue weighted by atomic mass is 10.2. The summed E-state index contributed by atoms with van der Waals surface area (Å²) in [5.74, 6) is 0.830. The molecule has 2 aromatic rings. The average Bonchev–Trinajstić information content (AvgIpc) is 3.00. The van der Waals surface area contributed by atoms with Crippen LogP contribution in [0.15, 0.2) is 62.3 Å². The first-order valence-corrected chi connectivity index (χ1v) is 6.36. The van der Waals surface area contributed by atoms with E-state index in [2.05, 4.69) is 15.2 Å². The summed E-state index contributed by atoms with van der Waals surface area (Å²) >= 11 is 0. The van der Waals surface area contributed by atoms with Crippen LogP contribution in [0.25, 0.3) is 0 Å². The molecule has 0 fully saturated rings. The van der Waals surface area contributed by atoms with Crippen LogP contribution in [0.4, 0.5) is 5.69 Å². The van der Waals surface area contributed by atoms with Gasteiger partial charge in [0.25, 0.3) is 0 Å². The number of hydrogen-bond donors (Lipinski definition) is 2. The van der Waals surface area contributed by atoms with Crippen molar-refractivity contribution in [2.24, 2.45) is 15.2 Å². The van der Waals surface area contributed by atoms with E-state index in [-0.39, 0.29) is 5.84 Å². The minimum atomic E-state index is 0.232. The molecule has 0 saturated heterocycles. The van der Waals surface area contributed by atoms with Gasteiger partial charge in [-0.25, -0.2) is 4.99 Å². The maximum absolute atomic E-state index is 9.16. The maximum atomic E-state index is 9.16. The van der Waals surface area contributed by atoms with Crippen LogP contribution in [-0.2, 0) is 0 Å². The molecule has 0 amide bonds. The van der Waals surface area contributed by atoms with E-state index in [0.717, 1.165) is 5.56 Å². The van der Waals surface area contributed by atoms with Crippen molar-refractivity contribution in [3.8, 4) is 0 Å². The second-order valence-corrected chi connectivity index (χ2v) is 4.35. The Hall–Kier alpha value is -2.73. The zero-order valence-corrected chi connectivity index (χ0v) is 11.8. The summed E-state index contributed by atoms with van der Waals surface area (Å²) in [6.45, 7) is 3.68. The van der Waals surface area contributed by atoms with Crippen LogP contribution >= 0.6 is 0 Å². The van der Waals surface area contributed by atoms with Gasteiger partial charge in [0.2, 0.25) is 0 Å². The zero-order valence-electron chi connectivity index (χ0n) is 11.8. The van der Waals surface area contributed by atoms with Crippen LogP contribution in [0.1, 0.15) is 18.2 Å². The number of amidine groups is 1. The fourth-order valence-electron chi connectivity index (χ4n) is 1.52. The predicted octanol–water partition coefficient (Wildman–Crippen LogP) is 3.09. The van der Waals surface area contributed by atoms with Gasteiger partial charge in [0, 0.05) is 0 Å². The molecule has 1 aromatic heterocycles.